The van der Waals surface area contributed by atoms with Crippen molar-refractivity contribution in [2.24, 2.45) is 35.0 Å². The van der Waals surface area contributed by atoms with Crippen LogP contribution in [0.15, 0.2) is 0 Å². The van der Waals surface area contributed by atoms with Crippen LogP contribution in [0.3, 0.4) is 0 Å². The van der Waals surface area contributed by atoms with Crippen LogP contribution in [0, 0.1) is 35.0 Å². The Hall–Kier alpha value is -0.570. The van der Waals surface area contributed by atoms with Crippen molar-refractivity contribution in [3.05, 3.63) is 0 Å². The first-order valence-electron chi connectivity index (χ1n) is 11.0. The number of hydrogen-bond donors (Lipinski definition) is 1. The van der Waals surface area contributed by atoms with Gasteiger partial charge in [0.2, 0.25) is 5.91 Å². The third-order valence-electron chi connectivity index (χ3n) is 9.10. The van der Waals surface area contributed by atoms with Crippen molar-refractivity contribution in [3.63, 3.8) is 0 Å². The summed E-state index contributed by atoms with van der Waals surface area (Å²) in [5.74, 6) is 4.41. The molecule has 1 amide bonds. The van der Waals surface area contributed by atoms with Crippen LogP contribution in [0.25, 0.3) is 0 Å². The Morgan fingerprint density at radius 3 is 2.08 bits per heavy atom. The highest BCUT2D eigenvalue weighted by atomic mass is 16.3. The van der Waals surface area contributed by atoms with Gasteiger partial charge in [0, 0.05) is 19.0 Å². The fourth-order valence-corrected chi connectivity index (χ4v) is 9.12. The van der Waals surface area contributed by atoms with Gasteiger partial charge in [-0.3, -0.25) is 4.79 Å². The first-order chi connectivity index (χ1) is 12.0. The number of carbonyl (C=O) groups excluding carboxylic acids is 1. The highest BCUT2D eigenvalue weighted by Gasteiger charge is 2.58. The summed E-state index contributed by atoms with van der Waals surface area (Å²) in [5, 5.41) is 11.0. The Labute approximate surface area is 151 Å². The Kier molecular flexibility index (Phi) is 3.11. The molecule has 6 aliphatic carbocycles. The highest BCUT2D eigenvalue weighted by molar-refractivity contribution is 5.77. The third kappa shape index (κ3) is 2.44. The molecule has 6 saturated carbocycles. The lowest BCUT2D eigenvalue weighted by Crippen LogP contribution is -2.57. The van der Waals surface area contributed by atoms with Crippen molar-refractivity contribution in [2.45, 2.75) is 88.7 Å². The van der Waals surface area contributed by atoms with Crippen LogP contribution in [0.2, 0.25) is 0 Å². The summed E-state index contributed by atoms with van der Waals surface area (Å²) in [6, 6.07) is 0.542. The van der Waals surface area contributed by atoms with E-state index in [4.69, 9.17) is 0 Å². The van der Waals surface area contributed by atoms with Gasteiger partial charge in [0.15, 0.2) is 0 Å². The molecule has 2 saturated heterocycles. The number of carbonyl (C=O) groups is 1. The lowest BCUT2D eigenvalue weighted by Gasteiger charge is -2.60. The molecule has 4 unspecified atom stereocenters. The SMILES string of the molecule is O=C(CC12CC3CC(CC(O)(C3)C1)C2)N1CC2CC3CC(C2)CC1C3. The van der Waals surface area contributed by atoms with Crippen molar-refractivity contribution in [3.8, 4) is 0 Å². The second-order valence-electron chi connectivity index (χ2n) is 11.3. The van der Waals surface area contributed by atoms with Crippen LogP contribution in [-0.2, 0) is 4.79 Å². The second kappa shape index (κ2) is 5.03. The molecule has 0 aromatic carbocycles. The molecule has 0 aromatic rings. The summed E-state index contributed by atoms with van der Waals surface area (Å²) in [5.41, 5.74) is -0.292. The van der Waals surface area contributed by atoms with E-state index < -0.39 is 5.60 Å². The predicted molar refractivity (Wildman–Crippen MR) is 95.7 cm³/mol. The number of rotatable bonds is 2. The van der Waals surface area contributed by atoms with E-state index in [1.165, 1.54) is 51.4 Å². The van der Waals surface area contributed by atoms with Crippen molar-refractivity contribution < 1.29 is 9.90 Å². The number of hydrogen-bond acceptors (Lipinski definition) is 2. The average molecular weight is 344 g/mol. The molecule has 25 heavy (non-hydrogen) atoms. The quantitative estimate of drug-likeness (QED) is 0.830. The number of amides is 1. The van der Waals surface area contributed by atoms with Gasteiger partial charge in [-0.2, -0.15) is 0 Å². The Morgan fingerprint density at radius 2 is 1.44 bits per heavy atom. The van der Waals surface area contributed by atoms with Crippen LogP contribution in [-0.4, -0.2) is 34.1 Å². The predicted octanol–water partition coefficient (Wildman–Crippen LogP) is 3.74. The van der Waals surface area contributed by atoms with E-state index in [0.29, 0.717) is 23.8 Å². The average Bonchev–Trinajstić information content (AvgIpc) is 2.68. The molecule has 138 valence electrons. The molecule has 0 spiro atoms. The first-order valence-corrected chi connectivity index (χ1v) is 11.0. The zero-order chi connectivity index (χ0) is 16.8. The molecule has 0 radical (unpaired) electrons. The molecule has 4 atom stereocenters. The van der Waals surface area contributed by atoms with Crippen LogP contribution >= 0.6 is 0 Å². The lowest BCUT2D eigenvalue weighted by atomic mass is 9.47. The molecular formula is C22H33NO2. The van der Waals surface area contributed by atoms with Gasteiger partial charge in [0.25, 0.3) is 0 Å². The highest BCUT2D eigenvalue weighted by Crippen LogP contribution is 2.63. The maximum Gasteiger partial charge on any atom is 0.223 e. The van der Waals surface area contributed by atoms with E-state index in [1.54, 1.807) is 0 Å². The maximum atomic E-state index is 13.4. The second-order valence-corrected chi connectivity index (χ2v) is 11.3. The minimum absolute atomic E-state index is 0.138. The van der Waals surface area contributed by atoms with Gasteiger partial charge < -0.3 is 10.0 Å². The summed E-state index contributed by atoms with van der Waals surface area (Å²) in [6.45, 7) is 1.05. The fraction of sp³-hybridized carbons (Fsp3) is 0.955. The molecule has 3 heteroatoms. The van der Waals surface area contributed by atoms with E-state index in [9.17, 15) is 9.90 Å². The van der Waals surface area contributed by atoms with Crippen molar-refractivity contribution in [1.82, 2.24) is 4.90 Å². The van der Waals surface area contributed by atoms with Gasteiger partial charge in [0.05, 0.1) is 5.60 Å². The molecule has 8 bridgehead atoms. The smallest absolute Gasteiger partial charge is 0.223 e. The molecule has 8 aliphatic rings. The summed E-state index contributed by atoms with van der Waals surface area (Å²) < 4.78 is 0. The van der Waals surface area contributed by atoms with Crippen LogP contribution in [0.1, 0.15) is 77.0 Å². The fourth-order valence-electron chi connectivity index (χ4n) is 9.12. The van der Waals surface area contributed by atoms with Crippen molar-refractivity contribution in [2.75, 3.05) is 6.54 Å². The summed E-state index contributed by atoms with van der Waals surface area (Å²) in [4.78, 5) is 15.8. The van der Waals surface area contributed by atoms with Gasteiger partial charge in [0.1, 0.15) is 0 Å². The molecule has 1 N–H and O–H groups in total. The minimum Gasteiger partial charge on any atom is -0.390 e. The summed E-state index contributed by atoms with van der Waals surface area (Å²) in [6.07, 6.45) is 14.2. The first kappa shape index (κ1) is 15.5. The van der Waals surface area contributed by atoms with Gasteiger partial charge >= 0.3 is 0 Å². The Morgan fingerprint density at radius 1 is 0.840 bits per heavy atom. The van der Waals surface area contributed by atoms with Gasteiger partial charge in [-0.05, 0) is 106 Å². The molecule has 2 aliphatic heterocycles. The maximum absolute atomic E-state index is 13.4. The monoisotopic (exact) mass is 343 g/mol. The minimum atomic E-state index is -0.430. The zero-order valence-electron chi connectivity index (χ0n) is 15.5. The summed E-state index contributed by atoms with van der Waals surface area (Å²) in [7, 11) is 0. The van der Waals surface area contributed by atoms with Gasteiger partial charge in [-0.15, -0.1) is 0 Å². The van der Waals surface area contributed by atoms with Gasteiger partial charge in [-0.25, -0.2) is 0 Å². The van der Waals surface area contributed by atoms with E-state index >= 15 is 0 Å². The van der Waals surface area contributed by atoms with Crippen LogP contribution in [0.5, 0.6) is 0 Å². The number of fused-ring (bicyclic) bond motifs is 1. The Balaban J connectivity index is 1.23. The van der Waals surface area contributed by atoms with Crippen LogP contribution in [0.4, 0.5) is 0 Å². The van der Waals surface area contributed by atoms with E-state index in [2.05, 4.69) is 4.90 Å². The van der Waals surface area contributed by atoms with E-state index in [-0.39, 0.29) is 5.41 Å². The molecule has 8 fully saturated rings. The Bertz CT molecular complexity index is 573. The molecular weight excluding hydrogens is 310 g/mol. The normalized spacial score (nSPS) is 55.6. The summed E-state index contributed by atoms with van der Waals surface area (Å²) >= 11 is 0. The molecule has 2 heterocycles. The van der Waals surface area contributed by atoms with Crippen molar-refractivity contribution in [1.29, 1.82) is 0 Å². The third-order valence-corrected chi connectivity index (χ3v) is 9.10. The van der Waals surface area contributed by atoms with E-state index in [0.717, 1.165) is 50.0 Å². The molecule has 0 aromatic heterocycles. The van der Waals surface area contributed by atoms with Gasteiger partial charge in [-0.1, -0.05) is 0 Å². The molecule has 3 nitrogen and oxygen atoms in total. The molecule has 8 rings (SSSR count). The number of aliphatic hydroxyl groups is 1. The topological polar surface area (TPSA) is 40.5 Å². The van der Waals surface area contributed by atoms with Crippen LogP contribution < -0.4 is 0 Å². The number of nitrogens with zero attached hydrogens (tertiary/aromatic N) is 1. The lowest BCUT2D eigenvalue weighted by molar-refractivity contribution is -0.173. The van der Waals surface area contributed by atoms with Crippen molar-refractivity contribution >= 4 is 5.91 Å². The van der Waals surface area contributed by atoms with E-state index in [1.807, 2.05) is 0 Å². The largest absolute Gasteiger partial charge is 0.390 e. The zero-order valence-corrected chi connectivity index (χ0v) is 15.5. The standard InChI is InChI=1S/C22H33NO2/c24-20(23-12-16-2-14-1-15(3-16)6-19(23)5-14)11-21-7-17-4-18(8-21)10-22(25,9-17)13-21/h14-19,25H,1-13H2.